The third kappa shape index (κ3) is 4.71. The Bertz CT molecular complexity index is 1390. The highest BCUT2D eigenvalue weighted by Crippen LogP contribution is 2.56. The lowest BCUT2D eigenvalue weighted by Crippen LogP contribution is -2.52. The van der Waals surface area contributed by atoms with E-state index in [1.165, 1.54) is 37.0 Å². The van der Waals surface area contributed by atoms with Gasteiger partial charge in [0.15, 0.2) is 0 Å². The van der Waals surface area contributed by atoms with Crippen LogP contribution in [0, 0.1) is 12.8 Å². The molecule has 2 fully saturated rings. The van der Waals surface area contributed by atoms with Crippen LogP contribution >= 0.6 is 11.6 Å². The molecule has 1 aliphatic carbocycles. The summed E-state index contributed by atoms with van der Waals surface area (Å²) in [5.74, 6) is 2.48. The average molecular weight is 546 g/mol. The fourth-order valence-corrected chi connectivity index (χ4v) is 6.87. The molecule has 2 aliphatic heterocycles. The van der Waals surface area contributed by atoms with Crippen LogP contribution in [0.3, 0.4) is 0 Å². The zero-order chi connectivity index (χ0) is 27.3. The number of carbonyl (C=O) groups excluding carboxylic acids is 1. The van der Waals surface area contributed by atoms with Gasteiger partial charge in [0.05, 0.1) is 24.9 Å². The number of nitrogens with zero attached hydrogens (tertiary/aromatic N) is 5. The Morgan fingerprint density at radius 1 is 1.10 bits per heavy atom. The summed E-state index contributed by atoms with van der Waals surface area (Å²) in [4.78, 5) is 28.8. The molecule has 1 aromatic carbocycles. The second kappa shape index (κ2) is 10.0. The molecule has 0 amide bonds. The maximum absolute atomic E-state index is 11.6. The molecule has 4 heterocycles. The molecule has 6 rings (SSSR count). The monoisotopic (exact) mass is 545 g/mol. The fourth-order valence-electron chi connectivity index (χ4n) is 6.75. The molecule has 1 saturated heterocycles. The Morgan fingerprint density at radius 3 is 2.56 bits per heavy atom. The van der Waals surface area contributed by atoms with Crippen molar-refractivity contribution in [1.29, 1.82) is 0 Å². The minimum atomic E-state index is -0.252. The molecule has 204 valence electrons. The van der Waals surface area contributed by atoms with Gasteiger partial charge in [-0.25, -0.2) is 9.97 Å². The summed E-state index contributed by atoms with van der Waals surface area (Å²) in [6, 6.07) is 15.1. The lowest BCUT2D eigenvalue weighted by Gasteiger charge is -2.44. The molecule has 39 heavy (non-hydrogen) atoms. The Morgan fingerprint density at radius 2 is 1.90 bits per heavy atom. The maximum atomic E-state index is 11.6. The largest absolute Gasteiger partial charge is 0.469 e. The SMILES string of the molecule is COC(=O)Cc1ccc(N2CCN(c3ccc4c(n3)C3(CC(C)C3)CN4c3ccc(Cl)c(C)c3)C(C)C2)nc1. The molecule has 2 aromatic heterocycles. The topological polar surface area (TPSA) is 61.8 Å². The first kappa shape index (κ1) is 25.9. The summed E-state index contributed by atoms with van der Waals surface area (Å²) in [5, 5.41) is 0.805. The lowest BCUT2D eigenvalue weighted by atomic mass is 9.61. The van der Waals surface area contributed by atoms with E-state index in [-0.39, 0.29) is 23.8 Å². The number of pyridine rings is 2. The van der Waals surface area contributed by atoms with Crippen molar-refractivity contribution >= 4 is 40.6 Å². The van der Waals surface area contributed by atoms with Crippen LogP contribution < -0.4 is 14.7 Å². The van der Waals surface area contributed by atoms with E-state index >= 15 is 0 Å². The summed E-state index contributed by atoms with van der Waals surface area (Å²) in [7, 11) is 1.41. The predicted molar refractivity (Wildman–Crippen MR) is 156 cm³/mol. The van der Waals surface area contributed by atoms with Crippen LogP contribution in [-0.2, 0) is 21.4 Å². The minimum absolute atomic E-state index is 0.124. The second-order valence-electron chi connectivity index (χ2n) is 11.6. The zero-order valence-corrected chi connectivity index (χ0v) is 23.9. The highest BCUT2D eigenvalue weighted by atomic mass is 35.5. The number of aromatic nitrogens is 2. The van der Waals surface area contributed by atoms with Crippen LogP contribution in [0.5, 0.6) is 0 Å². The van der Waals surface area contributed by atoms with Crippen LogP contribution in [0.4, 0.5) is 23.0 Å². The smallest absolute Gasteiger partial charge is 0.310 e. The van der Waals surface area contributed by atoms with E-state index in [1.807, 2.05) is 18.2 Å². The molecule has 1 atom stereocenters. The number of ether oxygens (including phenoxy) is 1. The number of methoxy groups -OCH3 is 1. The van der Waals surface area contributed by atoms with Gasteiger partial charge >= 0.3 is 5.97 Å². The minimum Gasteiger partial charge on any atom is -0.469 e. The molecule has 0 N–H and O–H groups in total. The second-order valence-corrected chi connectivity index (χ2v) is 12.0. The van der Waals surface area contributed by atoms with E-state index in [0.717, 1.165) is 59.9 Å². The van der Waals surface area contributed by atoms with Gasteiger partial charge in [0.1, 0.15) is 11.6 Å². The highest BCUT2D eigenvalue weighted by Gasteiger charge is 2.52. The van der Waals surface area contributed by atoms with E-state index in [9.17, 15) is 4.79 Å². The summed E-state index contributed by atoms with van der Waals surface area (Å²) in [5.41, 5.74) is 5.76. The van der Waals surface area contributed by atoms with Crippen molar-refractivity contribution < 1.29 is 9.53 Å². The Labute approximate surface area is 235 Å². The molecule has 0 bridgehead atoms. The standard InChI is InChI=1S/C31H36ClN5O2/c1-20-15-31(16-20)19-37(24-6-7-25(32)21(2)13-24)26-8-10-28(34-30(26)31)36-12-11-35(18-22(36)3)27-9-5-23(17-33-27)14-29(38)39-4/h5-10,13,17,20,22H,11-12,14-16,18-19H2,1-4H3. The number of benzene rings is 1. The summed E-state index contributed by atoms with van der Waals surface area (Å²) >= 11 is 6.34. The molecule has 1 unspecified atom stereocenters. The third-order valence-electron chi connectivity index (χ3n) is 8.68. The predicted octanol–water partition coefficient (Wildman–Crippen LogP) is 5.69. The van der Waals surface area contributed by atoms with Crippen molar-refractivity contribution in [1.82, 2.24) is 9.97 Å². The number of esters is 1. The Balaban J connectivity index is 1.22. The van der Waals surface area contributed by atoms with Gasteiger partial charge in [-0.15, -0.1) is 0 Å². The molecule has 7 nitrogen and oxygen atoms in total. The van der Waals surface area contributed by atoms with Crippen molar-refractivity contribution in [2.24, 2.45) is 5.92 Å². The normalized spacial score (nSPS) is 24.1. The number of hydrogen-bond acceptors (Lipinski definition) is 7. The first-order chi connectivity index (χ1) is 18.8. The van der Waals surface area contributed by atoms with Crippen molar-refractivity contribution in [3.05, 3.63) is 70.5 Å². The molecule has 8 heteroatoms. The van der Waals surface area contributed by atoms with Crippen LogP contribution in [0.15, 0.2) is 48.7 Å². The van der Waals surface area contributed by atoms with Crippen LogP contribution in [-0.4, -0.2) is 55.3 Å². The van der Waals surface area contributed by atoms with Crippen LogP contribution in [0.25, 0.3) is 0 Å². The molecule has 0 radical (unpaired) electrons. The lowest BCUT2D eigenvalue weighted by molar-refractivity contribution is -0.139. The number of fused-ring (bicyclic) bond motifs is 2. The maximum Gasteiger partial charge on any atom is 0.310 e. The van der Waals surface area contributed by atoms with Gasteiger partial charge in [0.2, 0.25) is 0 Å². The molecular weight excluding hydrogens is 510 g/mol. The molecule has 3 aliphatic rings. The van der Waals surface area contributed by atoms with Crippen molar-refractivity contribution in [2.75, 3.05) is 48.0 Å². The number of rotatable bonds is 5. The Kier molecular flexibility index (Phi) is 6.66. The number of carbonyl (C=O) groups is 1. The Hall–Kier alpha value is -3.32. The number of piperazine rings is 1. The van der Waals surface area contributed by atoms with Gasteiger partial charge in [-0.2, -0.15) is 0 Å². The van der Waals surface area contributed by atoms with E-state index in [1.54, 1.807) is 6.20 Å². The van der Waals surface area contributed by atoms with Crippen LogP contribution in [0.2, 0.25) is 5.02 Å². The summed E-state index contributed by atoms with van der Waals surface area (Å²) in [6.07, 6.45) is 4.38. The summed E-state index contributed by atoms with van der Waals surface area (Å²) in [6.45, 7) is 10.3. The van der Waals surface area contributed by atoms with Gasteiger partial charge in [0, 0.05) is 54.5 Å². The molecule has 1 spiro atoms. The number of aryl methyl sites for hydroxylation is 1. The molecular formula is C31H36ClN5O2. The number of halogens is 1. The van der Waals surface area contributed by atoms with Crippen molar-refractivity contribution in [3.63, 3.8) is 0 Å². The van der Waals surface area contributed by atoms with E-state index < -0.39 is 0 Å². The highest BCUT2D eigenvalue weighted by molar-refractivity contribution is 6.31. The van der Waals surface area contributed by atoms with Crippen molar-refractivity contribution in [3.8, 4) is 0 Å². The molecule has 3 aromatic rings. The fraction of sp³-hybridized carbons (Fsp3) is 0.452. The number of hydrogen-bond donors (Lipinski definition) is 0. The van der Waals surface area contributed by atoms with Crippen LogP contribution in [0.1, 0.15) is 43.5 Å². The van der Waals surface area contributed by atoms with Crippen molar-refractivity contribution in [2.45, 2.75) is 51.5 Å². The van der Waals surface area contributed by atoms with Gasteiger partial charge in [-0.1, -0.05) is 24.6 Å². The molecule has 1 saturated carbocycles. The average Bonchev–Trinajstić information content (AvgIpc) is 3.25. The first-order valence-corrected chi connectivity index (χ1v) is 14.2. The summed E-state index contributed by atoms with van der Waals surface area (Å²) < 4.78 is 4.77. The van der Waals surface area contributed by atoms with Gasteiger partial charge in [0.25, 0.3) is 0 Å². The van der Waals surface area contributed by atoms with Gasteiger partial charge < -0.3 is 19.4 Å². The third-order valence-corrected chi connectivity index (χ3v) is 9.10. The van der Waals surface area contributed by atoms with E-state index in [0.29, 0.717) is 0 Å². The first-order valence-electron chi connectivity index (χ1n) is 13.8. The zero-order valence-electron chi connectivity index (χ0n) is 23.2. The van der Waals surface area contributed by atoms with Gasteiger partial charge in [-0.3, -0.25) is 4.79 Å². The van der Waals surface area contributed by atoms with Gasteiger partial charge in [-0.05, 0) is 80.1 Å². The quantitative estimate of drug-likeness (QED) is 0.382. The van der Waals surface area contributed by atoms with E-state index in [2.05, 4.69) is 64.7 Å². The van der Waals surface area contributed by atoms with E-state index in [4.69, 9.17) is 21.3 Å². The number of anilines is 4.